The average molecular weight is 209 g/mol. The highest BCUT2D eigenvalue weighted by molar-refractivity contribution is 5.34. The van der Waals surface area contributed by atoms with Gasteiger partial charge < -0.3 is 20.7 Å². The molecule has 15 heavy (non-hydrogen) atoms. The molecule has 0 saturated heterocycles. The summed E-state index contributed by atoms with van der Waals surface area (Å²) in [6.07, 6.45) is 6.86. The lowest BCUT2D eigenvalue weighted by molar-refractivity contribution is 0.129. The molecule has 4 N–H and O–H groups in total. The van der Waals surface area contributed by atoms with Gasteiger partial charge in [-0.05, 0) is 17.7 Å². The van der Waals surface area contributed by atoms with Gasteiger partial charge in [-0.25, -0.2) is 0 Å². The van der Waals surface area contributed by atoms with E-state index < -0.39 is 6.10 Å². The third-order valence-electron chi connectivity index (χ3n) is 2.67. The molecule has 0 radical (unpaired) electrons. The molecule has 1 aliphatic heterocycles. The zero-order valence-corrected chi connectivity index (χ0v) is 8.34. The quantitative estimate of drug-likeness (QED) is 0.596. The molecule has 3 atom stereocenters. The summed E-state index contributed by atoms with van der Waals surface area (Å²) in [5.41, 5.74) is 6.20. The maximum absolute atomic E-state index is 9.57. The summed E-state index contributed by atoms with van der Waals surface area (Å²) in [7, 11) is 0. The summed E-state index contributed by atoms with van der Waals surface area (Å²) in [5, 5.41) is 18.5. The van der Waals surface area contributed by atoms with Gasteiger partial charge in [0.05, 0.1) is 6.10 Å². The van der Waals surface area contributed by atoms with Gasteiger partial charge in [0.1, 0.15) is 18.5 Å². The molecule has 4 heteroatoms. The van der Waals surface area contributed by atoms with Crippen LogP contribution in [0.4, 0.5) is 0 Å². The molecule has 1 aliphatic carbocycles. The van der Waals surface area contributed by atoms with Crippen LogP contribution in [0.15, 0.2) is 35.6 Å². The molecule has 3 unspecified atom stereocenters. The Morgan fingerprint density at radius 1 is 1.47 bits per heavy atom. The second kappa shape index (κ2) is 4.18. The standard InChI is InChI=1S/C11H15NO3/c12-5-10(14)7-1-2-11-8(3-7)4-9(6-13)15-11/h1-4,8,10-11,13-14H,5-6,12H2. The number of nitrogens with two attached hydrogens (primary N) is 1. The summed E-state index contributed by atoms with van der Waals surface area (Å²) in [6, 6.07) is 0. The van der Waals surface area contributed by atoms with E-state index in [2.05, 4.69) is 0 Å². The highest BCUT2D eigenvalue weighted by Gasteiger charge is 2.28. The number of ether oxygens (including phenoxy) is 1. The molecule has 2 aliphatic rings. The van der Waals surface area contributed by atoms with Crippen molar-refractivity contribution in [3.8, 4) is 0 Å². The van der Waals surface area contributed by atoms with Crippen LogP contribution in [0.1, 0.15) is 0 Å². The van der Waals surface area contributed by atoms with Crippen LogP contribution >= 0.6 is 0 Å². The molecule has 0 aromatic carbocycles. The number of hydrogen-bond donors (Lipinski definition) is 3. The normalized spacial score (nSPS) is 30.3. The minimum atomic E-state index is -0.617. The molecule has 0 amide bonds. The summed E-state index contributed by atoms with van der Waals surface area (Å²) in [6.45, 7) is 0.133. The highest BCUT2D eigenvalue weighted by atomic mass is 16.5. The number of rotatable bonds is 3. The van der Waals surface area contributed by atoms with E-state index in [1.807, 2.05) is 24.3 Å². The van der Waals surface area contributed by atoms with Crippen molar-refractivity contribution in [1.29, 1.82) is 0 Å². The summed E-state index contributed by atoms with van der Waals surface area (Å²) >= 11 is 0. The molecular weight excluding hydrogens is 194 g/mol. The van der Waals surface area contributed by atoms with E-state index in [1.165, 1.54) is 0 Å². The molecule has 0 aromatic heterocycles. The number of aliphatic hydroxyl groups excluding tert-OH is 2. The first-order chi connectivity index (χ1) is 7.24. The van der Waals surface area contributed by atoms with Gasteiger partial charge in [0.15, 0.2) is 0 Å². The first-order valence-electron chi connectivity index (χ1n) is 5.01. The van der Waals surface area contributed by atoms with Gasteiger partial charge in [-0.3, -0.25) is 0 Å². The van der Waals surface area contributed by atoms with Crippen LogP contribution in [0.5, 0.6) is 0 Å². The Morgan fingerprint density at radius 3 is 2.93 bits per heavy atom. The molecular formula is C11H15NO3. The zero-order chi connectivity index (χ0) is 10.8. The van der Waals surface area contributed by atoms with Crippen molar-refractivity contribution in [3.63, 3.8) is 0 Å². The molecule has 0 spiro atoms. The zero-order valence-electron chi connectivity index (χ0n) is 8.34. The van der Waals surface area contributed by atoms with Crippen LogP contribution < -0.4 is 5.73 Å². The van der Waals surface area contributed by atoms with Gasteiger partial charge in [0, 0.05) is 12.5 Å². The van der Waals surface area contributed by atoms with E-state index in [0.717, 1.165) is 5.57 Å². The Morgan fingerprint density at radius 2 is 2.27 bits per heavy atom. The second-order valence-corrected chi connectivity index (χ2v) is 3.73. The second-order valence-electron chi connectivity index (χ2n) is 3.73. The van der Waals surface area contributed by atoms with E-state index in [4.69, 9.17) is 15.6 Å². The van der Waals surface area contributed by atoms with Gasteiger partial charge in [0.25, 0.3) is 0 Å². The molecule has 1 heterocycles. The van der Waals surface area contributed by atoms with Gasteiger partial charge >= 0.3 is 0 Å². The van der Waals surface area contributed by atoms with Crippen LogP contribution in [-0.2, 0) is 4.74 Å². The first kappa shape index (κ1) is 10.4. The summed E-state index contributed by atoms with van der Waals surface area (Å²) in [4.78, 5) is 0. The lowest BCUT2D eigenvalue weighted by Crippen LogP contribution is -2.25. The minimum absolute atomic E-state index is 0.0409. The van der Waals surface area contributed by atoms with Crippen molar-refractivity contribution in [2.45, 2.75) is 12.2 Å². The van der Waals surface area contributed by atoms with Crippen LogP contribution in [0.3, 0.4) is 0 Å². The summed E-state index contributed by atoms with van der Waals surface area (Å²) in [5.74, 6) is 0.697. The van der Waals surface area contributed by atoms with Crippen molar-refractivity contribution >= 4 is 0 Å². The Balaban J connectivity index is 2.14. The Labute approximate surface area is 88.4 Å². The van der Waals surface area contributed by atoms with Gasteiger partial charge in [0.2, 0.25) is 0 Å². The predicted octanol–water partition coefficient (Wildman–Crippen LogP) is -0.307. The molecule has 0 bridgehead atoms. The SMILES string of the molecule is NCC(O)C1=CC2C=C(CO)OC2C=C1. The Hall–Kier alpha value is -1.10. The van der Waals surface area contributed by atoms with Crippen molar-refractivity contribution in [3.05, 3.63) is 35.6 Å². The molecule has 82 valence electrons. The van der Waals surface area contributed by atoms with E-state index in [-0.39, 0.29) is 25.2 Å². The fraction of sp³-hybridized carbons (Fsp3) is 0.455. The molecule has 0 aromatic rings. The van der Waals surface area contributed by atoms with E-state index >= 15 is 0 Å². The number of aliphatic hydroxyl groups is 2. The third-order valence-corrected chi connectivity index (χ3v) is 2.67. The van der Waals surface area contributed by atoms with Crippen molar-refractivity contribution in [2.24, 2.45) is 11.7 Å². The van der Waals surface area contributed by atoms with Gasteiger partial charge in [-0.1, -0.05) is 12.2 Å². The largest absolute Gasteiger partial charge is 0.488 e. The van der Waals surface area contributed by atoms with E-state index in [0.29, 0.717) is 5.76 Å². The minimum Gasteiger partial charge on any atom is -0.488 e. The summed E-state index contributed by atoms with van der Waals surface area (Å²) < 4.78 is 5.44. The van der Waals surface area contributed by atoms with Crippen molar-refractivity contribution in [2.75, 3.05) is 13.2 Å². The number of hydrogen-bond acceptors (Lipinski definition) is 4. The monoisotopic (exact) mass is 209 g/mol. The predicted molar refractivity (Wildman–Crippen MR) is 55.8 cm³/mol. The fourth-order valence-corrected chi connectivity index (χ4v) is 1.84. The topological polar surface area (TPSA) is 75.7 Å². The number of fused-ring (bicyclic) bond motifs is 1. The third kappa shape index (κ3) is 1.97. The van der Waals surface area contributed by atoms with Crippen LogP contribution in [0.2, 0.25) is 0 Å². The maximum atomic E-state index is 9.57. The van der Waals surface area contributed by atoms with Gasteiger partial charge in [-0.15, -0.1) is 0 Å². The van der Waals surface area contributed by atoms with Gasteiger partial charge in [-0.2, -0.15) is 0 Å². The lowest BCUT2D eigenvalue weighted by atomic mass is 9.92. The van der Waals surface area contributed by atoms with E-state index in [1.54, 1.807) is 0 Å². The van der Waals surface area contributed by atoms with Crippen LogP contribution in [0, 0.1) is 5.92 Å². The Bertz CT molecular complexity index is 333. The molecule has 0 fully saturated rings. The van der Waals surface area contributed by atoms with Crippen LogP contribution in [0.25, 0.3) is 0 Å². The first-order valence-corrected chi connectivity index (χ1v) is 5.01. The van der Waals surface area contributed by atoms with Crippen molar-refractivity contribution in [1.82, 2.24) is 0 Å². The highest BCUT2D eigenvalue weighted by Crippen LogP contribution is 2.30. The average Bonchev–Trinajstić information content (AvgIpc) is 2.69. The molecule has 4 nitrogen and oxygen atoms in total. The molecule has 2 rings (SSSR count). The maximum Gasteiger partial charge on any atom is 0.127 e. The van der Waals surface area contributed by atoms with Crippen LogP contribution in [-0.4, -0.2) is 35.6 Å². The van der Waals surface area contributed by atoms with E-state index in [9.17, 15) is 5.11 Å². The smallest absolute Gasteiger partial charge is 0.127 e. The Kier molecular flexibility index (Phi) is 2.90. The van der Waals surface area contributed by atoms with Crippen molar-refractivity contribution < 1.29 is 14.9 Å². The fourth-order valence-electron chi connectivity index (χ4n) is 1.84. The lowest BCUT2D eigenvalue weighted by Gasteiger charge is -2.20. The molecule has 0 saturated carbocycles.